The third-order valence-corrected chi connectivity index (χ3v) is 5.67. The van der Waals surface area contributed by atoms with Crippen molar-refractivity contribution in [3.63, 3.8) is 0 Å². The largest absolute Gasteiger partial charge is 0.0711 e. The SMILES string of the molecule is C[Si](C)C1CC2CCC1C2. The zero-order valence-electron chi connectivity index (χ0n) is 7.06. The minimum Gasteiger partial charge on any atom is -0.0711 e. The molecule has 0 heterocycles. The predicted octanol–water partition coefficient (Wildman–Crippen LogP) is 2.93. The van der Waals surface area contributed by atoms with Gasteiger partial charge in [-0.1, -0.05) is 25.9 Å². The standard InChI is InChI=1S/C9H17Si/c1-10(2)9-6-7-3-4-8(9)5-7/h7-9H,3-6H2,1-2H3. The molecule has 0 aliphatic heterocycles. The van der Waals surface area contributed by atoms with Crippen molar-refractivity contribution in [2.24, 2.45) is 11.8 Å². The van der Waals surface area contributed by atoms with Gasteiger partial charge in [0.25, 0.3) is 0 Å². The third-order valence-electron chi connectivity index (χ3n) is 3.48. The smallest absolute Gasteiger partial charge is 0.0449 e. The first-order chi connectivity index (χ1) is 4.77. The quantitative estimate of drug-likeness (QED) is 0.508. The second-order valence-electron chi connectivity index (χ2n) is 4.36. The Morgan fingerprint density at radius 2 is 1.90 bits per heavy atom. The lowest BCUT2D eigenvalue weighted by Gasteiger charge is -2.23. The molecule has 0 spiro atoms. The molecule has 1 heteroatoms. The van der Waals surface area contributed by atoms with Gasteiger partial charge in [-0.2, -0.15) is 0 Å². The first kappa shape index (κ1) is 6.90. The Morgan fingerprint density at radius 3 is 2.20 bits per heavy atom. The number of hydrogen-bond acceptors (Lipinski definition) is 0. The van der Waals surface area contributed by atoms with Crippen LogP contribution < -0.4 is 0 Å². The van der Waals surface area contributed by atoms with Crippen molar-refractivity contribution < 1.29 is 0 Å². The van der Waals surface area contributed by atoms with Crippen molar-refractivity contribution in [1.82, 2.24) is 0 Å². The summed E-state index contributed by atoms with van der Waals surface area (Å²) in [7, 11) is 0.0578. The van der Waals surface area contributed by atoms with Crippen molar-refractivity contribution >= 4 is 8.80 Å². The predicted molar refractivity (Wildman–Crippen MR) is 46.7 cm³/mol. The molecule has 3 unspecified atom stereocenters. The Morgan fingerprint density at radius 1 is 1.10 bits per heavy atom. The third kappa shape index (κ3) is 0.951. The summed E-state index contributed by atoms with van der Waals surface area (Å²) in [5, 5.41) is 0. The summed E-state index contributed by atoms with van der Waals surface area (Å²) in [4.78, 5) is 0. The number of rotatable bonds is 1. The molecule has 2 saturated carbocycles. The molecular weight excluding hydrogens is 136 g/mol. The average molecular weight is 153 g/mol. The summed E-state index contributed by atoms with van der Waals surface area (Å²) < 4.78 is 0. The van der Waals surface area contributed by atoms with E-state index < -0.39 is 0 Å². The Hall–Kier alpha value is 0.217. The van der Waals surface area contributed by atoms with Gasteiger partial charge in [-0.3, -0.25) is 0 Å². The minimum atomic E-state index is 0.0578. The van der Waals surface area contributed by atoms with Crippen LogP contribution in [-0.4, -0.2) is 8.80 Å². The van der Waals surface area contributed by atoms with Crippen molar-refractivity contribution in [1.29, 1.82) is 0 Å². The molecule has 2 bridgehead atoms. The zero-order valence-corrected chi connectivity index (χ0v) is 8.06. The van der Waals surface area contributed by atoms with Crippen LogP contribution in [0.2, 0.25) is 18.6 Å². The van der Waals surface area contributed by atoms with Gasteiger partial charge in [0, 0.05) is 8.80 Å². The summed E-state index contributed by atoms with van der Waals surface area (Å²) >= 11 is 0. The van der Waals surface area contributed by atoms with Gasteiger partial charge in [-0.25, -0.2) is 0 Å². The molecule has 0 N–H and O–H groups in total. The van der Waals surface area contributed by atoms with Crippen LogP contribution in [0.3, 0.4) is 0 Å². The molecule has 0 aromatic carbocycles. The van der Waals surface area contributed by atoms with Crippen molar-refractivity contribution in [2.75, 3.05) is 0 Å². The van der Waals surface area contributed by atoms with Crippen LogP contribution in [0.5, 0.6) is 0 Å². The van der Waals surface area contributed by atoms with Gasteiger partial charge >= 0.3 is 0 Å². The minimum absolute atomic E-state index is 0.0578. The van der Waals surface area contributed by atoms with Crippen LogP contribution in [0.15, 0.2) is 0 Å². The lowest BCUT2D eigenvalue weighted by atomic mass is 10.0. The first-order valence-corrected chi connectivity index (χ1v) is 7.15. The average Bonchev–Trinajstić information content (AvgIpc) is 2.44. The van der Waals surface area contributed by atoms with Crippen molar-refractivity contribution in [3.8, 4) is 0 Å². The number of fused-ring (bicyclic) bond motifs is 2. The molecule has 1 radical (unpaired) electrons. The molecule has 0 aromatic heterocycles. The molecule has 2 rings (SSSR count). The van der Waals surface area contributed by atoms with Crippen molar-refractivity contribution in [3.05, 3.63) is 0 Å². The fourth-order valence-electron chi connectivity index (χ4n) is 2.95. The van der Waals surface area contributed by atoms with Gasteiger partial charge in [0.05, 0.1) is 0 Å². The van der Waals surface area contributed by atoms with E-state index in [1.54, 1.807) is 25.7 Å². The normalized spacial score (nSPS) is 45.3. The lowest BCUT2D eigenvalue weighted by Crippen LogP contribution is -2.17. The van der Waals surface area contributed by atoms with E-state index >= 15 is 0 Å². The van der Waals surface area contributed by atoms with E-state index in [4.69, 9.17) is 0 Å². The molecule has 3 atom stereocenters. The van der Waals surface area contributed by atoms with Crippen LogP contribution in [0.1, 0.15) is 25.7 Å². The van der Waals surface area contributed by atoms with Gasteiger partial charge in [-0.05, 0) is 30.2 Å². The first-order valence-electron chi connectivity index (χ1n) is 4.57. The summed E-state index contributed by atoms with van der Waals surface area (Å²) in [5.74, 6) is 2.34. The molecule has 2 aliphatic rings. The molecular formula is C9H17Si. The molecule has 0 aromatic rings. The summed E-state index contributed by atoms with van der Waals surface area (Å²) in [6.45, 7) is 4.99. The summed E-state index contributed by atoms with van der Waals surface area (Å²) in [6, 6.07) is 0. The van der Waals surface area contributed by atoms with Crippen molar-refractivity contribution in [2.45, 2.75) is 44.3 Å². The highest BCUT2D eigenvalue weighted by molar-refractivity contribution is 6.57. The summed E-state index contributed by atoms with van der Waals surface area (Å²) in [6.07, 6.45) is 6.34. The fourth-order valence-corrected chi connectivity index (χ4v) is 5.00. The van der Waals surface area contributed by atoms with Crippen LogP contribution in [0.25, 0.3) is 0 Å². The van der Waals surface area contributed by atoms with E-state index in [9.17, 15) is 0 Å². The van der Waals surface area contributed by atoms with Gasteiger partial charge < -0.3 is 0 Å². The fraction of sp³-hybridized carbons (Fsp3) is 1.00. The monoisotopic (exact) mass is 153 g/mol. The van der Waals surface area contributed by atoms with Gasteiger partial charge in [0.15, 0.2) is 0 Å². The van der Waals surface area contributed by atoms with E-state index in [1.807, 2.05) is 0 Å². The van der Waals surface area contributed by atoms with E-state index in [1.165, 1.54) is 11.5 Å². The van der Waals surface area contributed by atoms with Gasteiger partial charge in [0.1, 0.15) is 0 Å². The van der Waals surface area contributed by atoms with Gasteiger partial charge in [-0.15, -0.1) is 0 Å². The maximum Gasteiger partial charge on any atom is 0.0449 e. The van der Waals surface area contributed by atoms with Crippen LogP contribution >= 0.6 is 0 Å². The van der Waals surface area contributed by atoms with E-state index in [-0.39, 0.29) is 8.80 Å². The summed E-state index contributed by atoms with van der Waals surface area (Å²) in [5.41, 5.74) is 1.20. The second-order valence-corrected chi connectivity index (χ2v) is 7.25. The zero-order chi connectivity index (χ0) is 7.14. The Bertz CT molecular complexity index is 131. The van der Waals surface area contributed by atoms with E-state index in [2.05, 4.69) is 13.1 Å². The molecule has 2 aliphatic carbocycles. The maximum absolute atomic E-state index is 2.50. The molecule has 2 fully saturated rings. The Balaban J connectivity index is 2.02. The van der Waals surface area contributed by atoms with Gasteiger partial charge in [0.2, 0.25) is 0 Å². The highest BCUT2D eigenvalue weighted by Crippen LogP contribution is 2.52. The highest BCUT2D eigenvalue weighted by atomic mass is 28.3. The molecule has 57 valence electrons. The Labute approximate surface area is 65.6 Å². The maximum atomic E-state index is 2.50. The van der Waals surface area contributed by atoms with E-state index in [0.717, 1.165) is 5.92 Å². The lowest BCUT2D eigenvalue weighted by molar-refractivity contribution is 0.474. The second kappa shape index (κ2) is 2.37. The van der Waals surface area contributed by atoms with Crippen LogP contribution in [0, 0.1) is 11.8 Å². The van der Waals surface area contributed by atoms with Crippen LogP contribution in [-0.2, 0) is 0 Å². The molecule has 10 heavy (non-hydrogen) atoms. The highest BCUT2D eigenvalue weighted by Gasteiger charge is 2.40. The topological polar surface area (TPSA) is 0 Å². The van der Waals surface area contributed by atoms with Crippen LogP contribution in [0.4, 0.5) is 0 Å². The molecule has 0 amide bonds. The molecule has 0 nitrogen and oxygen atoms in total. The number of hydrogen-bond donors (Lipinski definition) is 0. The Kier molecular flexibility index (Phi) is 1.63. The molecule has 0 saturated heterocycles. The van der Waals surface area contributed by atoms with E-state index in [0.29, 0.717) is 0 Å².